The molecule has 2 N–H and O–H groups in total. The van der Waals surface area contributed by atoms with Gasteiger partial charge in [0.15, 0.2) is 5.13 Å². The van der Waals surface area contributed by atoms with Crippen molar-refractivity contribution in [3.63, 3.8) is 0 Å². The largest absolute Gasteiger partial charge is 0.316 e. The van der Waals surface area contributed by atoms with Crippen molar-refractivity contribution < 1.29 is 4.79 Å². The van der Waals surface area contributed by atoms with Crippen molar-refractivity contribution in [1.82, 2.24) is 34.7 Å². The zero-order valence-electron chi connectivity index (χ0n) is 16.3. The zero-order valence-corrected chi connectivity index (χ0v) is 17.1. The topological polar surface area (TPSA) is 138 Å². The maximum atomic E-state index is 12.3. The summed E-state index contributed by atoms with van der Waals surface area (Å²) in [5.74, 6) is 1.19. The number of carbonyl (C=O) groups excluding carboxylic acids is 1. The normalized spacial score (nSPS) is 16.7. The minimum absolute atomic E-state index is 0.260. The Bertz CT molecular complexity index is 1060. The van der Waals surface area contributed by atoms with E-state index >= 15 is 0 Å². The number of carbonyl (C=O) groups is 1. The fourth-order valence-corrected chi connectivity index (χ4v) is 4.08. The molecule has 0 saturated carbocycles. The molecule has 3 aromatic heterocycles. The lowest BCUT2D eigenvalue weighted by molar-refractivity contribution is 0.100. The van der Waals surface area contributed by atoms with Gasteiger partial charge >= 0.3 is 0 Å². The van der Waals surface area contributed by atoms with Crippen LogP contribution in [-0.2, 0) is 0 Å². The highest BCUT2D eigenvalue weighted by atomic mass is 32.1. The first-order valence-corrected chi connectivity index (χ1v) is 10.3. The Morgan fingerprint density at radius 3 is 2.97 bits per heavy atom. The molecule has 11 nitrogen and oxygen atoms in total. The number of nitrogens with one attached hydrogen (secondary N) is 2. The second kappa shape index (κ2) is 8.93. The summed E-state index contributed by atoms with van der Waals surface area (Å²) in [5.41, 5.74) is 3.84. The molecule has 4 rings (SSSR count). The van der Waals surface area contributed by atoms with Crippen LogP contribution >= 0.6 is 11.3 Å². The van der Waals surface area contributed by atoms with E-state index in [9.17, 15) is 4.79 Å². The van der Waals surface area contributed by atoms with E-state index in [0.29, 0.717) is 23.3 Å². The van der Waals surface area contributed by atoms with Crippen LogP contribution in [0.3, 0.4) is 0 Å². The molecule has 1 aliphatic rings. The first-order valence-electron chi connectivity index (χ1n) is 9.44. The van der Waals surface area contributed by atoms with Crippen molar-refractivity contribution >= 4 is 28.2 Å². The summed E-state index contributed by atoms with van der Waals surface area (Å²) in [6.45, 7) is 4.04. The molecular weight excluding hydrogens is 404 g/mol. The van der Waals surface area contributed by atoms with E-state index in [1.165, 1.54) is 28.7 Å². The Balaban J connectivity index is 1.46. The summed E-state index contributed by atoms with van der Waals surface area (Å²) < 4.78 is 1.36. The quantitative estimate of drug-likeness (QED) is 0.566. The number of aromatic nitrogens is 6. The van der Waals surface area contributed by atoms with Crippen LogP contribution < -0.4 is 10.7 Å². The Morgan fingerprint density at radius 2 is 2.17 bits per heavy atom. The Kier molecular flexibility index (Phi) is 5.92. The van der Waals surface area contributed by atoms with E-state index in [-0.39, 0.29) is 17.5 Å². The first kappa shape index (κ1) is 19.9. The van der Waals surface area contributed by atoms with Gasteiger partial charge in [0.2, 0.25) is 0 Å². The van der Waals surface area contributed by atoms with Gasteiger partial charge in [0.1, 0.15) is 30.0 Å². The number of likely N-dealkylation sites (tertiary alicyclic amines) is 1. The van der Waals surface area contributed by atoms with Gasteiger partial charge < -0.3 is 5.32 Å². The third-order valence-electron chi connectivity index (χ3n) is 4.70. The van der Waals surface area contributed by atoms with Crippen molar-refractivity contribution in [2.75, 3.05) is 30.4 Å². The molecule has 4 heterocycles. The molecule has 0 aliphatic carbocycles. The van der Waals surface area contributed by atoms with E-state index in [1.54, 1.807) is 5.38 Å². The number of nitrogens with zero attached hydrogens (tertiary/aromatic N) is 8. The monoisotopic (exact) mass is 424 g/mol. The SMILES string of the molecule is Cc1nc(Nc2nc(C(=O)Nn3cnnc3)cs2)cc(C2CCCN(CC#N)C2)n1. The van der Waals surface area contributed by atoms with E-state index in [2.05, 4.69) is 46.9 Å². The lowest BCUT2D eigenvalue weighted by Crippen LogP contribution is -2.35. The predicted molar refractivity (Wildman–Crippen MR) is 110 cm³/mol. The number of hydrogen-bond donors (Lipinski definition) is 2. The predicted octanol–water partition coefficient (Wildman–Crippen LogP) is 1.66. The maximum absolute atomic E-state index is 12.3. The van der Waals surface area contributed by atoms with Gasteiger partial charge in [-0.2, -0.15) is 5.26 Å². The van der Waals surface area contributed by atoms with E-state index in [4.69, 9.17) is 5.26 Å². The van der Waals surface area contributed by atoms with Crippen LogP contribution in [0.2, 0.25) is 0 Å². The van der Waals surface area contributed by atoms with Gasteiger partial charge in [-0.15, -0.1) is 21.5 Å². The molecule has 12 heteroatoms. The Labute approximate surface area is 176 Å². The standard InChI is InChI=1S/C18H20N10OS/c1-12-22-14(13-3-2-5-27(8-13)6-4-19)7-16(23-12)25-18-24-15(9-30-18)17(29)26-28-10-20-21-11-28/h7,9-11,13H,2-3,5-6,8H2,1H3,(H,26,29)(H,22,23,24,25). The smallest absolute Gasteiger partial charge is 0.289 e. The Hall–Kier alpha value is -3.43. The van der Waals surface area contributed by atoms with Crippen LogP contribution in [0, 0.1) is 18.3 Å². The van der Waals surface area contributed by atoms with E-state index < -0.39 is 0 Å². The van der Waals surface area contributed by atoms with Crippen LogP contribution in [0.4, 0.5) is 10.9 Å². The summed E-state index contributed by atoms with van der Waals surface area (Å²) in [6, 6.07) is 4.15. The number of rotatable bonds is 6. The van der Waals surface area contributed by atoms with E-state index in [1.807, 2.05) is 13.0 Å². The number of anilines is 2. The van der Waals surface area contributed by atoms with Gasteiger partial charge in [0.25, 0.3) is 5.91 Å². The molecule has 1 fully saturated rings. The number of amides is 1. The second-order valence-electron chi connectivity index (χ2n) is 6.93. The molecule has 1 saturated heterocycles. The van der Waals surface area contributed by atoms with Crippen LogP contribution in [0.5, 0.6) is 0 Å². The van der Waals surface area contributed by atoms with Crippen molar-refractivity contribution in [2.45, 2.75) is 25.7 Å². The molecule has 3 aromatic rings. The zero-order chi connectivity index (χ0) is 20.9. The molecule has 30 heavy (non-hydrogen) atoms. The molecule has 0 spiro atoms. The number of hydrogen-bond acceptors (Lipinski definition) is 10. The van der Waals surface area contributed by atoms with Crippen molar-refractivity contribution in [1.29, 1.82) is 5.26 Å². The van der Waals surface area contributed by atoms with Crippen molar-refractivity contribution in [3.8, 4) is 6.07 Å². The molecule has 154 valence electrons. The molecule has 1 aliphatic heterocycles. The first-order chi connectivity index (χ1) is 14.6. The van der Waals surface area contributed by atoms with Crippen molar-refractivity contribution in [2.24, 2.45) is 0 Å². The second-order valence-corrected chi connectivity index (χ2v) is 7.79. The van der Waals surface area contributed by atoms with Gasteiger partial charge in [-0.3, -0.25) is 15.1 Å². The minimum atomic E-state index is -0.363. The summed E-state index contributed by atoms with van der Waals surface area (Å²) >= 11 is 1.31. The van der Waals surface area contributed by atoms with Crippen LogP contribution in [0.25, 0.3) is 0 Å². The summed E-state index contributed by atoms with van der Waals surface area (Å²) in [7, 11) is 0. The highest BCUT2D eigenvalue weighted by Gasteiger charge is 2.23. The minimum Gasteiger partial charge on any atom is -0.316 e. The maximum Gasteiger partial charge on any atom is 0.289 e. The van der Waals surface area contributed by atoms with Gasteiger partial charge in [0.05, 0.1) is 18.3 Å². The average molecular weight is 424 g/mol. The van der Waals surface area contributed by atoms with Crippen molar-refractivity contribution in [3.05, 3.63) is 41.3 Å². The van der Waals surface area contributed by atoms with Gasteiger partial charge in [-0.05, 0) is 26.3 Å². The molecule has 1 unspecified atom stereocenters. The lowest BCUT2D eigenvalue weighted by Gasteiger charge is -2.30. The van der Waals surface area contributed by atoms with Crippen LogP contribution in [-0.4, -0.2) is 60.3 Å². The Morgan fingerprint density at radius 1 is 1.33 bits per heavy atom. The third kappa shape index (κ3) is 4.76. The molecule has 1 atom stereocenters. The summed E-state index contributed by atoms with van der Waals surface area (Å²) in [4.78, 5) is 27.8. The van der Waals surface area contributed by atoms with Crippen LogP contribution in [0.1, 0.15) is 40.8 Å². The fourth-order valence-electron chi connectivity index (χ4n) is 3.38. The highest BCUT2D eigenvalue weighted by Crippen LogP contribution is 2.28. The lowest BCUT2D eigenvalue weighted by atomic mass is 9.94. The fraction of sp³-hybridized carbons (Fsp3) is 0.389. The molecule has 1 amide bonds. The van der Waals surface area contributed by atoms with Gasteiger partial charge in [0, 0.05) is 23.9 Å². The highest BCUT2D eigenvalue weighted by molar-refractivity contribution is 7.14. The molecule has 0 aromatic carbocycles. The van der Waals surface area contributed by atoms with Gasteiger partial charge in [-0.25, -0.2) is 19.6 Å². The summed E-state index contributed by atoms with van der Waals surface area (Å²) in [5, 5.41) is 21.6. The molecular formula is C18H20N10OS. The number of aryl methyl sites for hydroxylation is 1. The average Bonchev–Trinajstić information content (AvgIpc) is 3.40. The van der Waals surface area contributed by atoms with Gasteiger partial charge in [-0.1, -0.05) is 0 Å². The molecule has 0 radical (unpaired) electrons. The summed E-state index contributed by atoms with van der Waals surface area (Å²) in [6.07, 6.45) is 4.84. The number of thiazole rings is 1. The number of nitriles is 1. The number of piperidine rings is 1. The molecule has 0 bridgehead atoms. The van der Waals surface area contributed by atoms with Crippen LogP contribution in [0.15, 0.2) is 24.1 Å². The third-order valence-corrected chi connectivity index (χ3v) is 5.45. The van der Waals surface area contributed by atoms with E-state index in [0.717, 1.165) is 31.6 Å².